The Kier molecular flexibility index (Phi) is 9.12. The zero-order chi connectivity index (χ0) is 30.3. The third-order valence-corrected chi connectivity index (χ3v) is 7.40. The van der Waals surface area contributed by atoms with Gasteiger partial charge < -0.3 is 20.4 Å². The molecule has 0 amide bonds. The first-order chi connectivity index (χ1) is 19.3. The molecule has 208 valence electrons. The normalized spacial score (nSPS) is 10.5. The van der Waals surface area contributed by atoms with E-state index in [4.69, 9.17) is 20.4 Å². The van der Waals surface area contributed by atoms with Crippen LogP contribution >= 0.6 is 0 Å². The number of carboxylic acid groups (broad SMARTS) is 4. The van der Waals surface area contributed by atoms with Gasteiger partial charge in [-0.1, -0.05) is 24.3 Å². The summed E-state index contributed by atoms with van der Waals surface area (Å²) < 4.78 is 24.6. The second-order valence-corrected chi connectivity index (χ2v) is 10.2. The van der Waals surface area contributed by atoms with Gasteiger partial charge >= 0.3 is 23.9 Å². The van der Waals surface area contributed by atoms with Crippen molar-refractivity contribution < 1.29 is 52.8 Å². The zero-order valence-corrected chi connectivity index (χ0v) is 21.6. The predicted molar refractivity (Wildman–Crippen MR) is 142 cm³/mol. The maximum absolute atomic E-state index is 12.3. The minimum atomic E-state index is -3.81. The van der Waals surface area contributed by atoms with E-state index in [1.807, 2.05) is 0 Å². The molecule has 0 aliphatic rings. The summed E-state index contributed by atoms with van der Waals surface area (Å²) in [5, 5.41) is 35.1. The molecule has 0 saturated carbocycles. The van der Waals surface area contributed by atoms with Crippen LogP contribution in [-0.4, -0.2) is 58.5 Å². The van der Waals surface area contributed by atoms with Gasteiger partial charge in [0.25, 0.3) is 0 Å². The van der Waals surface area contributed by atoms with Gasteiger partial charge in [-0.25, -0.2) is 27.6 Å². The van der Waals surface area contributed by atoms with E-state index in [0.29, 0.717) is 11.1 Å². The Bertz CT molecular complexity index is 1600. The first-order valence-electron chi connectivity index (χ1n) is 11.4. The lowest BCUT2D eigenvalue weighted by Gasteiger charge is -2.05. The zero-order valence-electron chi connectivity index (χ0n) is 20.8. The molecule has 0 aromatic heterocycles. The van der Waals surface area contributed by atoms with Gasteiger partial charge in [-0.15, -0.1) is 0 Å². The Morgan fingerprint density at radius 3 is 0.780 bits per heavy atom. The van der Waals surface area contributed by atoms with E-state index < -0.39 is 33.7 Å². The van der Waals surface area contributed by atoms with Crippen molar-refractivity contribution in [2.75, 3.05) is 0 Å². The van der Waals surface area contributed by atoms with Crippen LogP contribution in [0.3, 0.4) is 0 Å². The molecule has 0 aliphatic heterocycles. The smallest absolute Gasteiger partial charge is 0.335 e. The quantitative estimate of drug-likeness (QED) is 0.219. The van der Waals surface area contributed by atoms with E-state index in [1.54, 1.807) is 0 Å². The summed E-state index contributed by atoms with van der Waals surface area (Å²) in [5.74, 6) is -4.71. The number of aromatic carboxylic acids is 4. The molecule has 0 fully saturated rings. The van der Waals surface area contributed by atoms with E-state index in [2.05, 4.69) is 0 Å². The minimum Gasteiger partial charge on any atom is -0.478 e. The summed E-state index contributed by atoms with van der Waals surface area (Å²) in [7, 11) is -3.81. The van der Waals surface area contributed by atoms with Crippen molar-refractivity contribution in [2.45, 2.75) is 9.79 Å². The van der Waals surface area contributed by atoms with E-state index in [-0.39, 0.29) is 37.8 Å². The number of benzene rings is 4. The third kappa shape index (κ3) is 7.28. The summed E-state index contributed by atoms with van der Waals surface area (Å²) in [6.07, 6.45) is 0. The lowest BCUT2D eigenvalue weighted by atomic mass is 10.0. The van der Waals surface area contributed by atoms with Gasteiger partial charge in [-0.3, -0.25) is 4.79 Å². The Hall–Kier alpha value is -5.62. The molecular weight excluding hydrogens is 556 g/mol. The third-order valence-electron chi connectivity index (χ3n) is 5.61. The molecular formula is C29H20O11S. The maximum atomic E-state index is 12.3. The Morgan fingerprint density at radius 1 is 0.366 bits per heavy atom. The average molecular weight is 577 g/mol. The number of rotatable bonds is 8. The van der Waals surface area contributed by atoms with Crippen LogP contribution in [0.15, 0.2) is 107 Å². The van der Waals surface area contributed by atoms with Gasteiger partial charge in [-0.05, 0) is 72.8 Å². The van der Waals surface area contributed by atoms with E-state index >= 15 is 0 Å². The Labute approximate surface area is 232 Å². The molecule has 12 heteroatoms. The molecule has 4 rings (SSSR count). The highest BCUT2D eigenvalue weighted by molar-refractivity contribution is 7.91. The topological polar surface area (TPSA) is 200 Å². The summed E-state index contributed by atoms with van der Waals surface area (Å²) in [6.45, 7) is 0. The van der Waals surface area contributed by atoms with Crippen LogP contribution in [0.2, 0.25) is 0 Å². The molecule has 4 aromatic carbocycles. The van der Waals surface area contributed by atoms with Crippen molar-refractivity contribution in [1.29, 1.82) is 0 Å². The highest BCUT2D eigenvalue weighted by atomic mass is 32.2. The van der Waals surface area contributed by atoms with Crippen molar-refractivity contribution in [2.24, 2.45) is 0 Å². The molecule has 41 heavy (non-hydrogen) atoms. The van der Waals surface area contributed by atoms with E-state index in [1.165, 1.54) is 97.1 Å². The fraction of sp³-hybridized carbons (Fsp3) is 0. The number of hydrogen-bond donors (Lipinski definition) is 4. The molecule has 0 bridgehead atoms. The number of sulfone groups is 1. The second-order valence-electron chi connectivity index (χ2n) is 8.26. The molecule has 0 saturated heterocycles. The largest absolute Gasteiger partial charge is 0.478 e. The molecule has 0 atom stereocenters. The van der Waals surface area contributed by atoms with Gasteiger partial charge in [0.2, 0.25) is 9.84 Å². The highest BCUT2D eigenvalue weighted by Crippen LogP contribution is 2.21. The van der Waals surface area contributed by atoms with E-state index in [9.17, 15) is 32.4 Å². The molecule has 0 aliphatic carbocycles. The fourth-order valence-electron chi connectivity index (χ4n) is 3.38. The molecule has 11 nitrogen and oxygen atoms in total. The summed E-state index contributed by atoms with van der Waals surface area (Å²) in [6, 6.07) is 20.7. The molecule has 4 N–H and O–H groups in total. The van der Waals surface area contributed by atoms with Crippen LogP contribution in [0.5, 0.6) is 0 Å². The van der Waals surface area contributed by atoms with Crippen LogP contribution in [0.1, 0.15) is 57.4 Å². The predicted octanol–water partition coefficient (Wildman–Crippen LogP) is 4.23. The lowest BCUT2D eigenvalue weighted by molar-refractivity contribution is 0.0686. The Balaban J connectivity index is 0.000000226. The van der Waals surface area contributed by atoms with Crippen molar-refractivity contribution in [3.63, 3.8) is 0 Å². The maximum Gasteiger partial charge on any atom is 0.335 e. The number of ketones is 1. The van der Waals surface area contributed by atoms with Crippen molar-refractivity contribution in [1.82, 2.24) is 0 Å². The summed E-state index contributed by atoms with van der Waals surface area (Å²) in [5.41, 5.74) is 0.854. The fourth-order valence-corrected chi connectivity index (χ4v) is 4.65. The number of hydrogen-bond acceptors (Lipinski definition) is 7. The van der Waals surface area contributed by atoms with Gasteiger partial charge in [0.05, 0.1) is 32.0 Å². The average Bonchev–Trinajstić information content (AvgIpc) is 2.97. The van der Waals surface area contributed by atoms with Crippen molar-refractivity contribution in [3.05, 3.63) is 130 Å². The van der Waals surface area contributed by atoms with Crippen LogP contribution < -0.4 is 0 Å². The van der Waals surface area contributed by atoms with Crippen LogP contribution in [0, 0.1) is 0 Å². The second kappa shape index (κ2) is 12.5. The molecule has 0 radical (unpaired) electrons. The molecule has 0 unspecified atom stereocenters. The monoisotopic (exact) mass is 576 g/mol. The first-order valence-corrected chi connectivity index (χ1v) is 12.9. The molecule has 0 heterocycles. The number of carbonyl (C=O) groups excluding carboxylic acids is 1. The van der Waals surface area contributed by atoms with Gasteiger partial charge in [0.1, 0.15) is 0 Å². The van der Waals surface area contributed by atoms with Crippen molar-refractivity contribution >= 4 is 39.5 Å². The number of carbonyl (C=O) groups is 5. The van der Waals surface area contributed by atoms with Crippen LogP contribution in [-0.2, 0) is 9.84 Å². The summed E-state index contributed by atoms with van der Waals surface area (Å²) in [4.78, 5) is 54.9. The van der Waals surface area contributed by atoms with Gasteiger partial charge in [-0.2, -0.15) is 0 Å². The SMILES string of the molecule is O=C(O)c1ccc(C(=O)c2ccc(C(=O)O)cc2)cc1.O=C(O)c1ccc(S(=O)(=O)c2ccc(C(=O)O)cc2)cc1. The van der Waals surface area contributed by atoms with Crippen molar-refractivity contribution in [3.8, 4) is 0 Å². The minimum absolute atomic E-state index is 0.0184. The summed E-state index contributed by atoms with van der Waals surface area (Å²) >= 11 is 0. The van der Waals surface area contributed by atoms with Gasteiger partial charge in [0.15, 0.2) is 5.78 Å². The van der Waals surface area contributed by atoms with Crippen LogP contribution in [0.25, 0.3) is 0 Å². The number of carboxylic acids is 4. The molecule has 4 aromatic rings. The van der Waals surface area contributed by atoms with Gasteiger partial charge in [0, 0.05) is 11.1 Å². The molecule has 0 spiro atoms. The van der Waals surface area contributed by atoms with Crippen LogP contribution in [0.4, 0.5) is 0 Å². The Morgan fingerprint density at radius 2 is 0.561 bits per heavy atom. The highest BCUT2D eigenvalue weighted by Gasteiger charge is 2.18. The van der Waals surface area contributed by atoms with E-state index in [0.717, 1.165) is 0 Å². The lowest BCUT2D eigenvalue weighted by Crippen LogP contribution is -2.04. The standard InChI is InChI=1S/C15H10O5.C14H10O6S/c16-13(9-1-5-11(6-2-9)14(17)18)10-3-7-12(8-4-10)15(19)20;15-13(16)9-1-5-11(6-2-9)21(19,20)12-7-3-10(4-8-12)14(17)18/h1-8H,(H,17,18)(H,19,20);1-8H,(H,15,16)(H,17,18). The first kappa shape index (κ1) is 29.9.